The van der Waals surface area contributed by atoms with Gasteiger partial charge in [-0.15, -0.1) is 0 Å². The van der Waals surface area contributed by atoms with Crippen molar-refractivity contribution >= 4 is 31.0 Å². The third-order valence-corrected chi connectivity index (χ3v) is 10.5. The molecule has 0 spiro atoms. The summed E-state index contributed by atoms with van der Waals surface area (Å²) in [6.45, 7) is 4.07. The van der Waals surface area contributed by atoms with Crippen molar-refractivity contribution in [3.05, 3.63) is 130 Å². The van der Waals surface area contributed by atoms with E-state index in [0.29, 0.717) is 11.4 Å². The van der Waals surface area contributed by atoms with E-state index in [9.17, 15) is 16.8 Å². The van der Waals surface area contributed by atoms with Gasteiger partial charge in [-0.2, -0.15) is 0 Å². The Kier molecular flexibility index (Phi) is 8.34. The molecule has 8 heteroatoms. The van der Waals surface area contributed by atoms with E-state index in [0.717, 1.165) is 24.0 Å². The summed E-state index contributed by atoms with van der Waals surface area (Å²) < 4.78 is 55.5. The van der Waals surface area contributed by atoms with Gasteiger partial charge in [0, 0.05) is 11.4 Å². The average Bonchev–Trinajstić information content (AvgIpc) is 2.94. The standard InChI is InChI=1S/C30H30N2O4S2/c1-3-23-15-19-25(20-16-23)31-29(32-26-21-17-24(4-2)18-22-26)30(37(33,34)27-11-7-5-8-12-27)38(35,36)28-13-9-6-10-14-28/h5-22,31-32H,3-4H2,1-2H3. The highest BCUT2D eigenvalue weighted by molar-refractivity contribution is 8.14. The summed E-state index contributed by atoms with van der Waals surface area (Å²) in [6.07, 6.45) is 1.67. The Bertz CT molecular complexity index is 1490. The number of rotatable bonds is 10. The lowest BCUT2D eigenvalue weighted by Gasteiger charge is -2.20. The van der Waals surface area contributed by atoms with Crippen molar-refractivity contribution in [2.75, 3.05) is 10.6 Å². The molecule has 0 saturated heterocycles. The van der Waals surface area contributed by atoms with Crippen molar-refractivity contribution in [1.82, 2.24) is 0 Å². The van der Waals surface area contributed by atoms with E-state index in [2.05, 4.69) is 10.6 Å². The van der Waals surface area contributed by atoms with Gasteiger partial charge in [-0.1, -0.05) is 74.5 Å². The summed E-state index contributed by atoms with van der Waals surface area (Å²) >= 11 is 0. The molecule has 6 nitrogen and oxygen atoms in total. The minimum absolute atomic E-state index is 0.127. The molecule has 0 aliphatic heterocycles. The number of aryl methyl sites for hydroxylation is 2. The lowest BCUT2D eigenvalue weighted by Crippen LogP contribution is -2.24. The van der Waals surface area contributed by atoms with E-state index in [4.69, 9.17) is 0 Å². The van der Waals surface area contributed by atoms with Crippen LogP contribution in [-0.2, 0) is 32.5 Å². The summed E-state index contributed by atoms with van der Waals surface area (Å²) in [5.41, 5.74) is 3.27. The molecule has 0 amide bonds. The van der Waals surface area contributed by atoms with Gasteiger partial charge in [-0.3, -0.25) is 0 Å². The van der Waals surface area contributed by atoms with Gasteiger partial charge in [0.1, 0.15) is 5.82 Å². The molecule has 2 N–H and O–H groups in total. The molecule has 0 aliphatic carbocycles. The lowest BCUT2D eigenvalue weighted by molar-refractivity contribution is 0.594. The van der Waals surface area contributed by atoms with Crippen molar-refractivity contribution < 1.29 is 16.8 Å². The normalized spacial score (nSPS) is 11.5. The van der Waals surface area contributed by atoms with Crippen LogP contribution in [0.2, 0.25) is 0 Å². The van der Waals surface area contributed by atoms with Crippen molar-refractivity contribution in [2.24, 2.45) is 0 Å². The number of sulfone groups is 2. The summed E-state index contributed by atoms with van der Waals surface area (Å²) in [5, 5.41) is 6.14. The average molecular weight is 547 g/mol. The molecule has 0 aliphatic rings. The van der Waals surface area contributed by atoms with Crippen LogP contribution in [0.3, 0.4) is 0 Å². The van der Waals surface area contributed by atoms with Crippen LogP contribution in [0.4, 0.5) is 11.4 Å². The maximum Gasteiger partial charge on any atom is 0.221 e. The van der Waals surface area contributed by atoms with E-state index >= 15 is 0 Å². The van der Waals surface area contributed by atoms with Crippen LogP contribution in [0.5, 0.6) is 0 Å². The fourth-order valence-corrected chi connectivity index (χ4v) is 7.83. The first kappa shape index (κ1) is 27.2. The molecule has 38 heavy (non-hydrogen) atoms. The van der Waals surface area contributed by atoms with Crippen LogP contribution in [-0.4, -0.2) is 16.8 Å². The molecule has 0 aromatic heterocycles. The Hall–Kier alpha value is -3.88. The first-order valence-corrected chi connectivity index (χ1v) is 15.3. The van der Waals surface area contributed by atoms with E-state index in [-0.39, 0.29) is 15.6 Å². The van der Waals surface area contributed by atoms with Gasteiger partial charge in [0.15, 0.2) is 0 Å². The van der Waals surface area contributed by atoms with Crippen molar-refractivity contribution in [3.63, 3.8) is 0 Å². The highest BCUT2D eigenvalue weighted by atomic mass is 32.3. The Balaban J connectivity index is 1.99. The summed E-state index contributed by atoms with van der Waals surface area (Å²) in [7, 11) is -9.01. The third-order valence-electron chi connectivity index (χ3n) is 6.06. The summed E-state index contributed by atoms with van der Waals surface area (Å²) in [5.74, 6) is -0.161. The number of anilines is 2. The van der Waals surface area contributed by atoms with E-state index in [1.54, 1.807) is 60.7 Å². The molecule has 4 rings (SSSR count). The second-order valence-electron chi connectivity index (χ2n) is 8.65. The Morgan fingerprint density at radius 2 is 0.868 bits per heavy atom. The first-order chi connectivity index (χ1) is 18.3. The molecule has 0 bridgehead atoms. The predicted octanol–water partition coefficient (Wildman–Crippen LogP) is 6.41. The minimum Gasteiger partial charge on any atom is -0.340 e. The van der Waals surface area contributed by atoms with Crippen molar-refractivity contribution in [2.45, 2.75) is 36.5 Å². The van der Waals surface area contributed by atoms with Crippen LogP contribution in [0.25, 0.3) is 0 Å². The second kappa shape index (κ2) is 11.7. The Morgan fingerprint density at radius 1 is 0.526 bits per heavy atom. The van der Waals surface area contributed by atoms with Crippen LogP contribution >= 0.6 is 0 Å². The van der Waals surface area contributed by atoms with Crippen LogP contribution in [0.15, 0.2) is 129 Å². The fourth-order valence-electron chi connectivity index (χ4n) is 3.90. The van der Waals surface area contributed by atoms with Crippen LogP contribution in [0, 0.1) is 0 Å². The van der Waals surface area contributed by atoms with E-state index in [1.165, 1.54) is 24.3 Å². The van der Waals surface area contributed by atoms with Crippen molar-refractivity contribution in [3.8, 4) is 0 Å². The summed E-state index contributed by atoms with van der Waals surface area (Å²) in [6, 6.07) is 30.0. The maximum atomic E-state index is 14.1. The molecular weight excluding hydrogens is 516 g/mol. The monoisotopic (exact) mass is 546 g/mol. The quantitative estimate of drug-likeness (QED) is 0.239. The lowest BCUT2D eigenvalue weighted by atomic mass is 10.1. The fraction of sp³-hybridized carbons (Fsp3) is 0.133. The molecule has 0 radical (unpaired) electrons. The number of hydrogen-bond acceptors (Lipinski definition) is 6. The van der Waals surface area contributed by atoms with E-state index in [1.807, 2.05) is 38.1 Å². The molecule has 0 fully saturated rings. The van der Waals surface area contributed by atoms with Gasteiger partial charge in [-0.05, 0) is 72.5 Å². The molecular formula is C30H30N2O4S2. The number of nitrogens with one attached hydrogen (secondary N) is 2. The highest BCUT2D eigenvalue weighted by Gasteiger charge is 2.37. The zero-order chi connectivity index (χ0) is 27.2. The number of benzene rings is 4. The molecule has 4 aromatic rings. The topological polar surface area (TPSA) is 92.3 Å². The smallest absolute Gasteiger partial charge is 0.221 e. The number of hydrogen-bond donors (Lipinski definition) is 2. The van der Waals surface area contributed by atoms with Crippen LogP contribution < -0.4 is 10.6 Å². The molecule has 0 saturated carbocycles. The van der Waals surface area contributed by atoms with E-state index < -0.39 is 23.9 Å². The van der Waals surface area contributed by atoms with Gasteiger partial charge in [-0.25, -0.2) is 16.8 Å². The first-order valence-electron chi connectivity index (χ1n) is 12.3. The zero-order valence-corrected chi connectivity index (χ0v) is 22.9. The Labute approximate surface area is 224 Å². The molecule has 0 heterocycles. The van der Waals surface area contributed by atoms with Gasteiger partial charge >= 0.3 is 0 Å². The van der Waals surface area contributed by atoms with Crippen LogP contribution in [0.1, 0.15) is 25.0 Å². The van der Waals surface area contributed by atoms with Gasteiger partial charge in [0.05, 0.1) is 9.79 Å². The largest absolute Gasteiger partial charge is 0.340 e. The SMILES string of the molecule is CCc1ccc(NC(Nc2ccc(CC)cc2)=C(S(=O)(=O)c2ccccc2)S(=O)(=O)c2ccccc2)cc1. The second-order valence-corrected chi connectivity index (χ2v) is 12.7. The van der Waals surface area contributed by atoms with Gasteiger partial charge in [0.2, 0.25) is 23.9 Å². The minimum atomic E-state index is -4.51. The maximum absolute atomic E-state index is 14.1. The zero-order valence-electron chi connectivity index (χ0n) is 21.3. The Morgan fingerprint density at radius 3 is 1.18 bits per heavy atom. The summed E-state index contributed by atoms with van der Waals surface area (Å²) in [4.78, 5) is -0.253. The predicted molar refractivity (Wildman–Crippen MR) is 153 cm³/mol. The molecule has 0 unspecified atom stereocenters. The molecule has 4 aromatic carbocycles. The third kappa shape index (κ3) is 5.98. The van der Waals surface area contributed by atoms with Gasteiger partial charge in [0.25, 0.3) is 0 Å². The van der Waals surface area contributed by atoms with Gasteiger partial charge < -0.3 is 10.6 Å². The van der Waals surface area contributed by atoms with Crippen molar-refractivity contribution in [1.29, 1.82) is 0 Å². The highest BCUT2D eigenvalue weighted by Crippen LogP contribution is 2.33. The molecule has 0 atom stereocenters. The molecule has 196 valence electrons.